The fraction of sp³-hybridized carbons (Fsp3) is 0.444. The van der Waals surface area contributed by atoms with Gasteiger partial charge in [-0.05, 0) is 30.7 Å². The molecule has 0 aromatic heterocycles. The zero-order chi connectivity index (χ0) is 13.2. The molecule has 0 heteroatoms. The second-order valence-corrected chi connectivity index (χ2v) is 5.01. The average molecular weight is 242 g/mol. The Morgan fingerprint density at radius 3 is 2.56 bits per heavy atom. The fourth-order valence-corrected chi connectivity index (χ4v) is 2.20. The van der Waals surface area contributed by atoms with Crippen molar-refractivity contribution in [2.24, 2.45) is 5.92 Å². The Morgan fingerprint density at radius 1 is 1.22 bits per heavy atom. The Bertz CT molecular complexity index is 359. The van der Waals surface area contributed by atoms with Crippen molar-refractivity contribution in [3.05, 3.63) is 54.1 Å². The molecule has 0 nitrogen and oxygen atoms in total. The zero-order valence-corrected chi connectivity index (χ0v) is 11.9. The summed E-state index contributed by atoms with van der Waals surface area (Å²) in [5.74, 6) is 0.611. The van der Waals surface area contributed by atoms with Crippen molar-refractivity contribution in [1.82, 2.24) is 0 Å². The number of hydrogen-bond acceptors (Lipinski definition) is 0. The van der Waals surface area contributed by atoms with Gasteiger partial charge in [-0.1, -0.05) is 74.7 Å². The molecular formula is C18H26. The van der Waals surface area contributed by atoms with Crippen LogP contribution in [-0.4, -0.2) is 0 Å². The Kier molecular flexibility index (Phi) is 7.17. The Labute approximate surface area is 112 Å². The van der Waals surface area contributed by atoms with E-state index in [1.807, 2.05) is 6.08 Å². The van der Waals surface area contributed by atoms with Gasteiger partial charge in [-0.25, -0.2) is 0 Å². The van der Waals surface area contributed by atoms with Crippen molar-refractivity contribution in [3.8, 4) is 0 Å². The van der Waals surface area contributed by atoms with E-state index in [0.717, 1.165) is 6.42 Å². The van der Waals surface area contributed by atoms with Crippen LogP contribution in [0.1, 0.15) is 51.5 Å². The van der Waals surface area contributed by atoms with Crippen molar-refractivity contribution in [2.45, 2.75) is 46.0 Å². The first-order valence-electron chi connectivity index (χ1n) is 7.14. The van der Waals surface area contributed by atoms with E-state index in [1.165, 1.54) is 31.2 Å². The van der Waals surface area contributed by atoms with E-state index in [2.05, 4.69) is 56.8 Å². The second-order valence-electron chi connectivity index (χ2n) is 5.01. The van der Waals surface area contributed by atoms with Gasteiger partial charge in [0, 0.05) is 0 Å². The summed E-state index contributed by atoms with van der Waals surface area (Å²) in [6, 6.07) is 10.6. The minimum atomic E-state index is 0.611. The molecule has 1 aromatic rings. The topological polar surface area (TPSA) is 0 Å². The summed E-state index contributed by atoms with van der Waals surface area (Å²) >= 11 is 0. The summed E-state index contributed by atoms with van der Waals surface area (Å²) in [5, 5.41) is 0. The van der Waals surface area contributed by atoms with E-state index in [0.29, 0.717) is 5.92 Å². The fourth-order valence-electron chi connectivity index (χ4n) is 2.20. The molecule has 98 valence electrons. The van der Waals surface area contributed by atoms with E-state index in [-0.39, 0.29) is 0 Å². The van der Waals surface area contributed by atoms with Gasteiger partial charge in [0.2, 0.25) is 0 Å². The lowest BCUT2D eigenvalue weighted by molar-refractivity contribution is 0.622. The van der Waals surface area contributed by atoms with Crippen LogP contribution in [0.5, 0.6) is 0 Å². The molecule has 0 amide bonds. The number of unbranched alkanes of at least 4 members (excludes halogenated alkanes) is 2. The molecule has 0 aliphatic rings. The minimum absolute atomic E-state index is 0.611. The van der Waals surface area contributed by atoms with Crippen LogP contribution < -0.4 is 0 Å². The van der Waals surface area contributed by atoms with E-state index in [4.69, 9.17) is 0 Å². The van der Waals surface area contributed by atoms with Gasteiger partial charge in [0.15, 0.2) is 0 Å². The molecule has 0 fully saturated rings. The summed E-state index contributed by atoms with van der Waals surface area (Å²) < 4.78 is 0. The molecule has 1 aromatic carbocycles. The standard InChI is InChI=1S/C18H26/c1-4-6-8-14-18(16(3)11-5-2)15-17-12-9-7-10-13-17/h5,7,9-10,12-13,15-16H,2,4,6,8,11,14H2,1,3H3/b18-15+. The highest BCUT2D eigenvalue weighted by molar-refractivity contribution is 5.53. The SMILES string of the molecule is C=CCC(C)/C(=C/c1ccccc1)CCCCC. The largest absolute Gasteiger partial charge is 0.103 e. The summed E-state index contributed by atoms with van der Waals surface area (Å²) in [6.45, 7) is 8.42. The predicted octanol–water partition coefficient (Wildman–Crippen LogP) is 5.86. The highest BCUT2D eigenvalue weighted by atomic mass is 14.1. The van der Waals surface area contributed by atoms with Crippen LogP contribution in [-0.2, 0) is 0 Å². The van der Waals surface area contributed by atoms with Crippen LogP contribution in [0.15, 0.2) is 48.6 Å². The summed E-state index contributed by atoms with van der Waals surface area (Å²) in [5.41, 5.74) is 2.88. The first-order valence-corrected chi connectivity index (χ1v) is 7.14. The van der Waals surface area contributed by atoms with Gasteiger partial charge in [-0.2, -0.15) is 0 Å². The smallest absolute Gasteiger partial charge is 0.0194 e. The molecule has 0 bridgehead atoms. The number of benzene rings is 1. The Morgan fingerprint density at radius 2 is 1.94 bits per heavy atom. The molecular weight excluding hydrogens is 216 g/mol. The maximum Gasteiger partial charge on any atom is -0.0194 e. The molecule has 0 aliphatic carbocycles. The lowest BCUT2D eigenvalue weighted by atomic mass is 9.91. The van der Waals surface area contributed by atoms with Crippen molar-refractivity contribution in [1.29, 1.82) is 0 Å². The lowest BCUT2D eigenvalue weighted by Crippen LogP contribution is -1.98. The van der Waals surface area contributed by atoms with Crippen molar-refractivity contribution < 1.29 is 0 Å². The van der Waals surface area contributed by atoms with E-state index < -0.39 is 0 Å². The van der Waals surface area contributed by atoms with Crippen LogP contribution in [0, 0.1) is 5.92 Å². The molecule has 1 unspecified atom stereocenters. The molecule has 0 spiro atoms. The summed E-state index contributed by atoms with van der Waals surface area (Å²) in [7, 11) is 0. The van der Waals surface area contributed by atoms with Crippen LogP contribution in [0.2, 0.25) is 0 Å². The lowest BCUT2D eigenvalue weighted by Gasteiger charge is -2.14. The molecule has 1 atom stereocenters. The van der Waals surface area contributed by atoms with Gasteiger partial charge in [-0.3, -0.25) is 0 Å². The summed E-state index contributed by atoms with van der Waals surface area (Å²) in [6.07, 6.45) is 10.6. The van der Waals surface area contributed by atoms with Gasteiger partial charge in [0.25, 0.3) is 0 Å². The third-order valence-electron chi connectivity index (χ3n) is 3.37. The first kappa shape index (κ1) is 14.8. The average Bonchev–Trinajstić information content (AvgIpc) is 2.39. The Balaban J connectivity index is 2.75. The molecule has 0 radical (unpaired) electrons. The normalized spacial score (nSPS) is 13.3. The van der Waals surface area contributed by atoms with Crippen LogP contribution >= 0.6 is 0 Å². The molecule has 0 aliphatic heterocycles. The number of rotatable bonds is 8. The van der Waals surface area contributed by atoms with Crippen molar-refractivity contribution in [2.75, 3.05) is 0 Å². The molecule has 1 rings (SSSR count). The van der Waals surface area contributed by atoms with Gasteiger partial charge in [0.1, 0.15) is 0 Å². The minimum Gasteiger partial charge on any atom is -0.103 e. The van der Waals surface area contributed by atoms with Crippen LogP contribution in [0.25, 0.3) is 6.08 Å². The molecule has 0 N–H and O–H groups in total. The van der Waals surface area contributed by atoms with Gasteiger partial charge in [-0.15, -0.1) is 6.58 Å². The number of hydrogen-bond donors (Lipinski definition) is 0. The van der Waals surface area contributed by atoms with Crippen LogP contribution in [0.4, 0.5) is 0 Å². The van der Waals surface area contributed by atoms with E-state index >= 15 is 0 Å². The van der Waals surface area contributed by atoms with Gasteiger partial charge >= 0.3 is 0 Å². The van der Waals surface area contributed by atoms with Gasteiger partial charge < -0.3 is 0 Å². The second kappa shape index (κ2) is 8.74. The van der Waals surface area contributed by atoms with Gasteiger partial charge in [0.05, 0.1) is 0 Å². The third-order valence-corrected chi connectivity index (χ3v) is 3.37. The number of allylic oxidation sites excluding steroid dienone is 2. The van der Waals surface area contributed by atoms with Crippen molar-refractivity contribution >= 4 is 6.08 Å². The quantitative estimate of drug-likeness (QED) is 0.395. The van der Waals surface area contributed by atoms with E-state index in [1.54, 1.807) is 5.57 Å². The highest BCUT2D eigenvalue weighted by Gasteiger charge is 2.07. The maximum absolute atomic E-state index is 3.86. The molecule has 18 heavy (non-hydrogen) atoms. The third kappa shape index (κ3) is 5.35. The predicted molar refractivity (Wildman–Crippen MR) is 82.5 cm³/mol. The molecule has 0 heterocycles. The Hall–Kier alpha value is -1.30. The maximum atomic E-state index is 3.86. The highest BCUT2D eigenvalue weighted by Crippen LogP contribution is 2.24. The molecule has 0 saturated heterocycles. The summed E-state index contributed by atoms with van der Waals surface area (Å²) in [4.78, 5) is 0. The monoisotopic (exact) mass is 242 g/mol. The van der Waals surface area contributed by atoms with E-state index in [9.17, 15) is 0 Å². The zero-order valence-electron chi connectivity index (χ0n) is 11.9. The van der Waals surface area contributed by atoms with Crippen LogP contribution in [0.3, 0.4) is 0 Å². The van der Waals surface area contributed by atoms with Crippen molar-refractivity contribution in [3.63, 3.8) is 0 Å². The first-order chi connectivity index (χ1) is 8.77. The molecule has 0 saturated carbocycles.